The number of nitrogens with zero attached hydrogens (tertiary/aromatic N) is 1. The minimum atomic E-state index is -2.87. The van der Waals surface area contributed by atoms with Crippen molar-refractivity contribution in [1.82, 2.24) is 0 Å². The highest BCUT2D eigenvalue weighted by Gasteiger charge is 2.20. The number of anilines is 3. The maximum absolute atomic E-state index is 12.3. The molecule has 1 fully saturated rings. The molecule has 0 bridgehead atoms. The van der Waals surface area contributed by atoms with E-state index in [4.69, 9.17) is 26.4 Å². The number of alkyl halides is 2. The fourth-order valence-electron chi connectivity index (χ4n) is 3.25. The van der Waals surface area contributed by atoms with Crippen LogP contribution in [0.2, 0.25) is 0 Å². The minimum absolute atomic E-state index is 0.0723. The van der Waals surface area contributed by atoms with E-state index in [9.17, 15) is 8.78 Å². The van der Waals surface area contributed by atoms with E-state index in [1.165, 1.54) is 12.1 Å². The average Bonchev–Trinajstić information content (AvgIpc) is 2.77. The van der Waals surface area contributed by atoms with Gasteiger partial charge in [0.1, 0.15) is 17.2 Å². The predicted molar refractivity (Wildman–Crippen MR) is 125 cm³/mol. The molecule has 2 aromatic rings. The van der Waals surface area contributed by atoms with Gasteiger partial charge in [0.15, 0.2) is 5.11 Å². The number of rotatable bonds is 9. The summed E-state index contributed by atoms with van der Waals surface area (Å²) in [6.07, 6.45) is 0. The number of nitrogens with one attached hydrogen (secondary N) is 2. The molecular formula is C22H27F2N3O4S. The molecule has 0 unspecified atom stereocenters. The van der Waals surface area contributed by atoms with Crippen molar-refractivity contribution < 1.29 is 27.7 Å². The van der Waals surface area contributed by atoms with E-state index in [-0.39, 0.29) is 5.75 Å². The van der Waals surface area contributed by atoms with Crippen LogP contribution in [0.1, 0.15) is 13.8 Å². The van der Waals surface area contributed by atoms with Gasteiger partial charge < -0.3 is 34.5 Å². The van der Waals surface area contributed by atoms with E-state index in [0.717, 1.165) is 24.5 Å². The van der Waals surface area contributed by atoms with Gasteiger partial charge in [0.2, 0.25) is 0 Å². The Kier molecular flexibility index (Phi) is 8.69. The molecule has 10 heteroatoms. The minimum Gasteiger partial charge on any atom is -0.492 e. The molecule has 0 atom stereocenters. The molecule has 2 N–H and O–H groups in total. The van der Waals surface area contributed by atoms with Gasteiger partial charge in [0.05, 0.1) is 37.8 Å². The van der Waals surface area contributed by atoms with Crippen LogP contribution in [0.15, 0.2) is 36.4 Å². The van der Waals surface area contributed by atoms with E-state index in [0.29, 0.717) is 48.7 Å². The quantitative estimate of drug-likeness (QED) is 0.513. The SMILES string of the molecule is CCOc1cc(N2CCOCC2)c(OCC)cc1NC(=S)Nc1ccc(OC(F)F)cc1. The third kappa shape index (κ3) is 6.57. The molecule has 0 spiro atoms. The van der Waals surface area contributed by atoms with Gasteiger partial charge in [-0.05, 0) is 50.3 Å². The summed E-state index contributed by atoms with van der Waals surface area (Å²) >= 11 is 5.43. The van der Waals surface area contributed by atoms with Gasteiger partial charge in [-0.3, -0.25) is 0 Å². The summed E-state index contributed by atoms with van der Waals surface area (Å²) in [6, 6.07) is 9.89. The topological polar surface area (TPSA) is 64.2 Å². The van der Waals surface area contributed by atoms with Gasteiger partial charge in [-0.15, -0.1) is 0 Å². The van der Waals surface area contributed by atoms with Crippen molar-refractivity contribution in [2.45, 2.75) is 20.5 Å². The van der Waals surface area contributed by atoms with Crippen molar-refractivity contribution in [2.75, 3.05) is 55.1 Å². The van der Waals surface area contributed by atoms with E-state index in [1.807, 2.05) is 26.0 Å². The number of benzene rings is 2. The summed E-state index contributed by atoms with van der Waals surface area (Å²) in [6.45, 7) is 4.82. The standard InChI is InChI=1S/C22H27F2N3O4S/c1-3-29-19-14-18(27-9-11-28-12-10-27)20(30-4-2)13-17(19)26-22(32)25-15-5-7-16(8-6-15)31-21(23)24/h5-8,13-14,21H,3-4,9-12H2,1-2H3,(H2,25,26,32). The summed E-state index contributed by atoms with van der Waals surface area (Å²) < 4.78 is 46.2. The number of morpholine rings is 1. The molecule has 0 aromatic heterocycles. The zero-order valence-electron chi connectivity index (χ0n) is 18.0. The Hall–Kier alpha value is -2.85. The second-order valence-corrected chi connectivity index (χ2v) is 7.17. The Labute approximate surface area is 191 Å². The highest BCUT2D eigenvalue weighted by Crippen LogP contribution is 2.39. The highest BCUT2D eigenvalue weighted by molar-refractivity contribution is 7.80. The molecule has 3 rings (SSSR count). The van der Waals surface area contributed by atoms with Gasteiger partial charge >= 0.3 is 6.61 Å². The molecule has 0 aliphatic carbocycles. The van der Waals surface area contributed by atoms with Crippen LogP contribution in [-0.4, -0.2) is 51.2 Å². The summed E-state index contributed by atoms with van der Waals surface area (Å²) in [5.41, 5.74) is 2.22. The lowest BCUT2D eigenvalue weighted by atomic mass is 10.2. The van der Waals surface area contributed by atoms with E-state index < -0.39 is 6.61 Å². The Balaban J connectivity index is 1.77. The Morgan fingerprint density at radius 3 is 2.31 bits per heavy atom. The number of ether oxygens (including phenoxy) is 4. The Morgan fingerprint density at radius 2 is 1.69 bits per heavy atom. The molecule has 0 radical (unpaired) electrons. The maximum atomic E-state index is 12.3. The van der Waals surface area contributed by atoms with Gasteiger partial charge in [0, 0.05) is 30.9 Å². The van der Waals surface area contributed by atoms with E-state index >= 15 is 0 Å². The van der Waals surface area contributed by atoms with Crippen molar-refractivity contribution in [3.63, 3.8) is 0 Å². The largest absolute Gasteiger partial charge is 0.492 e. The number of hydrogen-bond acceptors (Lipinski definition) is 6. The molecule has 1 saturated heterocycles. The van der Waals surface area contributed by atoms with Crippen molar-refractivity contribution in [3.8, 4) is 17.2 Å². The Bertz CT molecular complexity index is 893. The number of halogens is 2. The third-order valence-electron chi connectivity index (χ3n) is 4.60. The fourth-order valence-corrected chi connectivity index (χ4v) is 3.48. The van der Waals surface area contributed by atoms with Crippen LogP contribution in [0.5, 0.6) is 17.2 Å². The van der Waals surface area contributed by atoms with Crippen LogP contribution in [0.25, 0.3) is 0 Å². The van der Waals surface area contributed by atoms with Gasteiger partial charge in [-0.25, -0.2) is 0 Å². The molecule has 1 heterocycles. The van der Waals surface area contributed by atoms with Gasteiger partial charge in [-0.2, -0.15) is 8.78 Å². The maximum Gasteiger partial charge on any atom is 0.387 e. The van der Waals surface area contributed by atoms with Gasteiger partial charge in [-0.1, -0.05) is 0 Å². The van der Waals surface area contributed by atoms with Crippen LogP contribution >= 0.6 is 12.2 Å². The first-order valence-electron chi connectivity index (χ1n) is 10.4. The molecule has 7 nitrogen and oxygen atoms in total. The van der Waals surface area contributed by atoms with Gasteiger partial charge in [0.25, 0.3) is 0 Å². The lowest BCUT2D eigenvalue weighted by Crippen LogP contribution is -2.36. The first-order chi connectivity index (χ1) is 15.5. The number of hydrogen-bond donors (Lipinski definition) is 2. The van der Waals surface area contributed by atoms with Crippen molar-refractivity contribution in [3.05, 3.63) is 36.4 Å². The lowest BCUT2D eigenvalue weighted by Gasteiger charge is -2.31. The molecule has 0 amide bonds. The molecule has 2 aromatic carbocycles. The summed E-state index contributed by atoms with van der Waals surface area (Å²) in [5.74, 6) is 1.43. The van der Waals surface area contributed by atoms with Crippen molar-refractivity contribution in [1.29, 1.82) is 0 Å². The third-order valence-corrected chi connectivity index (χ3v) is 4.80. The summed E-state index contributed by atoms with van der Waals surface area (Å²) in [4.78, 5) is 2.21. The predicted octanol–water partition coefficient (Wildman–Crippen LogP) is 4.73. The lowest BCUT2D eigenvalue weighted by molar-refractivity contribution is -0.0498. The zero-order chi connectivity index (χ0) is 22.9. The molecule has 0 saturated carbocycles. The van der Waals surface area contributed by atoms with Crippen LogP contribution < -0.4 is 29.7 Å². The Morgan fingerprint density at radius 1 is 1.03 bits per heavy atom. The monoisotopic (exact) mass is 467 g/mol. The average molecular weight is 468 g/mol. The molecule has 174 valence electrons. The fraction of sp³-hybridized carbons (Fsp3) is 0.409. The van der Waals surface area contributed by atoms with Crippen molar-refractivity contribution in [2.24, 2.45) is 0 Å². The molecule has 32 heavy (non-hydrogen) atoms. The van der Waals surface area contributed by atoms with Crippen molar-refractivity contribution >= 4 is 34.4 Å². The molecule has 1 aliphatic heterocycles. The van der Waals surface area contributed by atoms with Crippen LogP contribution in [0, 0.1) is 0 Å². The first-order valence-corrected chi connectivity index (χ1v) is 10.8. The van der Waals surface area contributed by atoms with E-state index in [2.05, 4.69) is 20.3 Å². The molecule has 1 aliphatic rings. The smallest absolute Gasteiger partial charge is 0.387 e. The van der Waals surface area contributed by atoms with Crippen LogP contribution in [0.3, 0.4) is 0 Å². The second kappa shape index (κ2) is 11.7. The highest BCUT2D eigenvalue weighted by atomic mass is 32.1. The van der Waals surface area contributed by atoms with Crippen LogP contribution in [-0.2, 0) is 4.74 Å². The number of thiocarbonyl (C=S) groups is 1. The first kappa shape index (κ1) is 23.8. The zero-order valence-corrected chi connectivity index (χ0v) is 18.8. The normalized spacial score (nSPS) is 13.6. The second-order valence-electron chi connectivity index (χ2n) is 6.76. The molecular weight excluding hydrogens is 440 g/mol. The van der Waals surface area contributed by atoms with Crippen LogP contribution in [0.4, 0.5) is 25.8 Å². The van der Waals surface area contributed by atoms with E-state index in [1.54, 1.807) is 12.1 Å². The summed E-state index contributed by atoms with van der Waals surface area (Å²) in [5, 5.41) is 6.48. The summed E-state index contributed by atoms with van der Waals surface area (Å²) in [7, 11) is 0.